The zero-order valence-electron chi connectivity index (χ0n) is 14.5. The summed E-state index contributed by atoms with van der Waals surface area (Å²) in [6.07, 6.45) is 4.21. The van der Waals surface area contributed by atoms with Gasteiger partial charge in [0.25, 0.3) is 0 Å². The molecule has 0 radical (unpaired) electrons. The van der Waals surface area contributed by atoms with Gasteiger partial charge in [-0.3, -0.25) is 4.98 Å². The van der Waals surface area contributed by atoms with Crippen LogP contribution in [0.3, 0.4) is 0 Å². The molecular weight excluding hydrogens is 318 g/mol. The third-order valence-corrected chi connectivity index (χ3v) is 5.23. The van der Waals surface area contributed by atoms with Crippen LogP contribution in [0, 0.1) is 0 Å². The Balaban J connectivity index is 2.33. The molecule has 0 aliphatic carbocycles. The SMILES string of the molecule is C=CC[C@H](N[S+]([O-])C(C)(C)C)c1cc(-c2ccccc2N)ccn1. The molecule has 0 saturated carbocycles. The molecule has 0 amide bonds. The summed E-state index contributed by atoms with van der Waals surface area (Å²) in [6.45, 7) is 9.62. The highest BCUT2D eigenvalue weighted by molar-refractivity contribution is 7.90. The smallest absolute Gasteiger partial charge is 0.136 e. The van der Waals surface area contributed by atoms with E-state index in [9.17, 15) is 4.55 Å². The summed E-state index contributed by atoms with van der Waals surface area (Å²) in [7, 11) is 0. The highest BCUT2D eigenvalue weighted by atomic mass is 32.2. The van der Waals surface area contributed by atoms with Gasteiger partial charge in [-0.2, -0.15) is 0 Å². The first kappa shape index (κ1) is 18.5. The molecule has 128 valence electrons. The fraction of sp³-hybridized carbons (Fsp3) is 0.316. The second-order valence-electron chi connectivity index (χ2n) is 6.63. The first-order chi connectivity index (χ1) is 11.3. The average Bonchev–Trinajstić information content (AvgIpc) is 2.54. The van der Waals surface area contributed by atoms with Gasteiger partial charge in [0.05, 0.1) is 11.7 Å². The Morgan fingerprint density at radius 1 is 1.33 bits per heavy atom. The maximum atomic E-state index is 12.5. The van der Waals surface area contributed by atoms with E-state index in [0.717, 1.165) is 22.5 Å². The number of nitrogens with zero attached hydrogens (tertiary/aromatic N) is 1. The zero-order valence-corrected chi connectivity index (χ0v) is 15.3. The van der Waals surface area contributed by atoms with Crippen molar-refractivity contribution in [3.05, 3.63) is 60.9 Å². The van der Waals surface area contributed by atoms with E-state index in [2.05, 4.69) is 16.3 Å². The van der Waals surface area contributed by atoms with Crippen molar-refractivity contribution in [2.24, 2.45) is 0 Å². The molecule has 2 aromatic rings. The van der Waals surface area contributed by atoms with Gasteiger partial charge in [-0.25, -0.2) is 0 Å². The highest BCUT2D eigenvalue weighted by Crippen LogP contribution is 2.28. The molecule has 0 saturated heterocycles. The number of hydrogen-bond acceptors (Lipinski definition) is 4. The molecule has 0 aliphatic rings. The molecule has 5 heteroatoms. The summed E-state index contributed by atoms with van der Waals surface area (Å²) in [5.74, 6) is 0. The van der Waals surface area contributed by atoms with E-state index >= 15 is 0 Å². The van der Waals surface area contributed by atoms with Crippen LogP contribution in [0.15, 0.2) is 55.3 Å². The maximum Gasteiger partial charge on any atom is 0.136 e. The van der Waals surface area contributed by atoms with Gasteiger partial charge < -0.3 is 10.3 Å². The maximum absolute atomic E-state index is 12.5. The van der Waals surface area contributed by atoms with E-state index < -0.39 is 11.4 Å². The van der Waals surface area contributed by atoms with Crippen LogP contribution in [0.25, 0.3) is 11.1 Å². The predicted octanol–water partition coefficient (Wildman–Crippen LogP) is 4.00. The molecule has 1 aromatic heterocycles. The molecule has 0 aliphatic heterocycles. The summed E-state index contributed by atoms with van der Waals surface area (Å²) in [6, 6.07) is 11.5. The Morgan fingerprint density at radius 3 is 2.67 bits per heavy atom. The minimum Gasteiger partial charge on any atom is -0.598 e. The largest absolute Gasteiger partial charge is 0.598 e. The van der Waals surface area contributed by atoms with Crippen molar-refractivity contribution in [2.45, 2.75) is 38.0 Å². The van der Waals surface area contributed by atoms with Gasteiger partial charge in [-0.05, 0) is 51.0 Å². The topological polar surface area (TPSA) is 74.0 Å². The first-order valence-electron chi connectivity index (χ1n) is 7.92. The Bertz CT molecular complexity index is 697. The second kappa shape index (κ2) is 7.83. The molecular formula is C19H25N3OS. The quantitative estimate of drug-likeness (QED) is 0.472. The van der Waals surface area contributed by atoms with Crippen LogP contribution in [-0.4, -0.2) is 14.3 Å². The summed E-state index contributed by atoms with van der Waals surface area (Å²) < 4.78 is 15.3. The molecule has 1 aromatic carbocycles. The molecule has 0 bridgehead atoms. The standard InChI is InChI=1S/C19H25N3OS/c1-5-8-17(22-24(23)19(2,3)4)18-13-14(11-12-21-18)15-9-6-7-10-16(15)20/h5-7,9-13,17,22H,1,8,20H2,2-4H3/t17-,24?/m0/s1. The third kappa shape index (κ3) is 4.60. The number of nitrogens with one attached hydrogen (secondary N) is 1. The van der Waals surface area contributed by atoms with Crippen molar-refractivity contribution in [1.82, 2.24) is 9.71 Å². The van der Waals surface area contributed by atoms with Crippen molar-refractivity contribution in [3.63, 3.8) is 0 Å². The number of aromatic nitrogens is 1. The average molecular weight is 343 g/mol. The van der Waals surface area contributed by atoms with Crippen molar-refractivity contribution < 1.29 is 4.55 Å². The molecule has 0 spiro atoms. The van der Waals surface area contributed by atoms with Crippen molar-refractivity contribution >= 4 is 17.0 Å². The van der Waals surface area contributed by atoms with Gasteiger partial charge in [0, 0.05) is 28.8 Å². The lowest BCUT2D eigenvalue weighted by molar-refractivity contribution is 0.521. The Labute approximate surface area is 147 Å². The normalized spacial score (nSPS) is 14.2. The molecule has 4 nitrogen and oxygen atoms in total. The van der Waals surface area contributed by atoms with Crippen LogP contribution in [-0.2, 0) is 11.4 Å². The predicted molar refractivity (Wildman–Crippen MR) is 103 cm³/mol. The van der Waals surface area contributed by atoms with Crippen LogP contribution < -0.4 is 10.5 Å². The third-order valence-electron chi connectivity index (χ3n) is 3.62. The lowest BCUT2D eigenvalue weighted by atomic mass is 10.0. The van der Waals surface area contributed by atoms with Crippen molar-refractivity contribution in [2.75, 3.05) is 5.73 Å². The van der Waals surface area contributed by atoms with Crippen LogP contribution in [0.5, 0.6) is 0 Å². The number of rotatable bonds is 6. The zero-order chi connectivity index (χ0) is 17.7. The minimum atomic E-state index is -1.19. The summed E-state index contributed by atoms with van der Waals surface area (Å²) >= 11 is -1.19. The lowest BCUT2D eigenvalue weighted by Crippen LogP contribution is -2.41. The molecule has 24 heavy (non-hydrogen) atoms. The van der Waals surface area contributed by atoms with Crippen molar-refractivity contribution in [1.29, 1.82) is 0 Å². The lowest BCUT2D eigenvalue weighted by Gasteiger charge is -2.27. The monoisotopic (exact) mass is 343 g/mol. The minimum absolute atomic E-state index is 0.160. The van der Waals surface area contributed by atoms with Gasteiger partial charge >= 0.3 is 0 Å². The van der Waals surface area contributed by atoms with E-state index in [0.29, 0.717) is 6.42 Å². The molecule has 3 N–H and O–H groups in total. The van der Waals surface area contributed by atoms with E-state index in [1.807, 2.05) is 63.2 Å². The van der Waals surface area contributed by atoms with E-state index in [1.54, 1.807) is 6.20 Å². The molecule has 2 atom stereocenters. The number of para-hydroxylation sites is 1. The van der Waals surface area contributed by atoms with Crippen LogP contribution in [0.4, 0.5) is 5.69 Å². The van der Waals surface area contributed by atoms with Crippen molar-refractivity contribution in [3.8, 4) is 11.1 Å². The van der Waals surface area contributed by atoms with Gasteiger partial charge in [0.1, 0.15) is 4.75 Å². The van der Waals surface area contributed by atoms with Gasteiger partial charge in [0.2, 0.25) is 0 Å². The number of anilines is 1. The number of nitrogens with two attached hydrogens (primary N) is 1. The highest BCUT2D eigenvalue weighted by Gasteiger charge is 2.30. The van der Waals surface area contributed by atoms with Crippen LogP contribution >= 0.6 is 0 Å². The number of pyridine rings is 1. The Morgan fingerprint density at radius 2 is 2.04 bits per heavy atom. The van der Waals surface area contributed by atoms with E-state index in [4.69, 9.17) is 5.73 Å². The molecule has 2 rings (SSSR count). The van der Waals surface area contributed by atoms with Gasteiger partial charge in [-0.15, -0.1) is 11.3 Å². The summed E-state index contributed by atoms with van der Waals surface area (Å²) in [5, 5.41) is 0. The summed E-state index contributed by atoms with van der Waals surface area (Å²) in [4.78, 5) is 4.46. The Hall–Kier alpha value is -1.82. The fourth-order valence-corrected chi connectivity index (χ4v) is 3.10. The van der Waals surface area contributed by atoms with Crippen LogP contribution in [0.1, 0.15) is 38.9 Å². The first-order valence-corrected chi connectivity index (χ1v) is 9.07. The van der Waals surface area contributed by atoms with E-state index in [1.165, 1.54) is 0 Å². The molecule has 0 fully saturated rings. The summed E-state index contributed by atoms with van der Waals surface area (Å²) in [5.41, 5.74) is 9.59. The van der Waals surface area contributed by atoms with Gasteiger partial charge in [0.15, 0.2) is 0 Å². The van der Waals surface area contributed by atoms with Crippen LogP contribution in [0.2, 0.25) is 0 Å². The van der Waals surface area contributed by atoms with E-state index in [-0.39, 0.29) is 10.8 Å². The number of benzene rings is 1. The van der Waals surface area contributed by atoms with Gasteiger partial charge in [-0.1, -0.05) is 24.3 Å². The molecule has 1 unspecified atom stereocenters. The molecule has 1 heterocycles. The second-order valence-corrected chi connectivity index (χ2v) is 8.63. The number of hydrogen-bond donors (Lipinski definition) is 2. The number of nitrogen functional groups attached to an aromatic ring is 1. The Kier molecular flexibility index (Phi) is 6.04. The fourth-order valence-electron chi connectivity index (χ4n) is 2.27.